The maximum atomic E-state index is 2.39. The van der Waals surface area contributed by atoms with Gasteiger partial charge in [-0.2, -0.15) is 0 Å². The van der Waals surface area contributed by atoms with Gasteiger partial charge in [-0.1, -0.05) is 169 Å². The second-order valence-electron chi connectivity index (χ2n) is 14.2. The van der Waals surface area contributed by atoms with Crippen molar-refractivity contribution in [2.75, 3.05) is 9.80 Å². The smallest absolute Gasteiger partial charge is 0.0601 e. The Labute approximate surface area is 339 Å². The number of nitrogens with zero attached hydrogens (tertiary/aromatic N) is 2. The van der Waals surface area contributed by atoms with Crippen LogP contribution >= 0.6 is 11.8 Å². The fraction of sp³-hybridized carbons (Fsp3) is 0. The van der Waals surface area contributed by atoms with Crippen LogP contribution in [0.3, 0.4) is 0 Å². The fourth-order valence-corrected chi connectivity index (χ4v) is 8.84. The summed E-state index contributed by atoms with van der Waals surface area (Å²) >= 11 is 1.83. The van der Waals surface area contributed by atoms with Gasteiger partial charge in [0.25, 0.3) is 0 Å². The van der Waals surface area contributed by atoms with Crippen LogP contribution in [0.4, 0.5) is 34.1 Å². The van der Waals surface area contributed by atoms with Crippen molar-refractivity contribution in [3.63, 3.8) is 0 Å². The van der Waals surface area contributed by atoms with Gasteiger partial charge in [0.2, 0.25) is 0 Å². The average molecular weight is 747 g/mol. The second-order valence-corrected chi connectivity index (χ2v) is 15.3. The third-order valence-corrected chi connectivity index (χ3v) is 11.8. The lowest BCUT2D eigenvalue weighted by atomic mass is 10.00. The molecule has 0 fully saturated rings. The molecule has 0 bridgehead atoms. The van der Waals surface area contributed by atoms with E-state index >= 15 is 0 Å². The molecule has 0 aromatic heterocycles. The molecule has 2 nitrogen and oxygen atoms in total. The zero-order chi connectivity index (χ0) is 38.0. The van der Waals surface area contributed by atoms with E-state index in [4.69, 9.17) is 0 Å². The van der Waals surface area contributed by atoms with Crippen LogP contribution in [0.25, 0.3) is 44.5 Å². The highest BCUT2D eigenvalue weighted by atomic mass is 32.2. The van der Waals surface area contributed by atoms with E-state index in [0.29, 0.717) is 0 Å². The largest absolute Gasteiger partial charge is 0.311 e. The highest BCUT2D eigenvalue weighted by Gasteiger charge is 2.24. The van der Waals surface area contributed by atoms with Crippen molar-refractivity contribution in [2.24, 2.45) is 0 Å². The lowest BCUT2D eigenvalue weighted by Crippen LogP contribution is -2.14. The van der Waals surface area contributed by atoms with E-state index < -0.39 is 0 Å². The molecule has 0 spiro atoms. The average Bonchev–Trinajstić information content (AvgIpc) is 3.30. The Morgan fingerprint density at radius 1 is 0.281 bits per heavy atom. The summed E-state index contributed by atoms with van der Waals surface area (Å²) in [6.45, 7) is 0. The molecule has 0 amide bonds. The van der Waals surface area contributed by atoms with Crippen LogP contribution in [0, 0.1) is 0 Å². The molecule has 1 heterocycles. The molecule has 10 rings (SSSR count). The molecule has 57 heavy (non-hydrogen) atoms. The minimum Gasteiger partial charge on any atom is -0.311 e. The first kappa shape index (κ1) is 34.4. The quantitative estimate of drug-likeness (QED) is 0.153. The SMILES string of the molecule is c1ccc(-c2ccc(-c3ccc(N(c4ccc(-c5ccccc5)cc4)c4ccc(-c5cccc(N6c7ccccc7Sc7ccccc76)c5)cc4)cc3)cc2)cc1. The van der Waals surface area contributed by atoms with Crippen LogP contribution < -0.4 is 9.80 Å². The number of rotatable bonds is 8. The molecule has 1 aliphatic rings. The number of benzene rings is 9. The zero-order valence-corrected chi connectivity index (χ0v) is 32.1. The first-order chi connectivity index (χ1) is 28.2. The summed E-state index contributed by atoms with van der Waals surface area (Å²) in [6, 6.07) is 83.0. The normalized spacial score (nSPS) is 11.8. The fourth-order valence-electron chi connectivity index (χ4n) is 7.78. The molecular formula is C54H38N2S. The van der Waals surface area contributed by atoms with Crippen molar-refractivity contribution in [1.29, 1.82) is 0 Å². The van der Waals surface area contributed by atoms with E-state index in [1.807, 2.05) is 11.8 Å². The van der Waals surface area contributed by atoms with E-state index in [1.54, 1.807) is 0 Å². The van der Waals surface area contributed by atoms with Gasteiger partial charge < -0.3 is 9.80 Å². The van der Waals surface area contributed by atoms with Gasteiger partial charge in [-0.3, -0.25) is 0 Å². The van der Waals surface area contributed by atoms with E-state index in [-0.39, 0.29) is 0 Å². The maximum Gasteiger partial charge on any atom is 0.0601 e. The predicted octanol–water partition coefficient (Wildman–Crippen LogP) is 15.8. The van der Waals surface area contributed by atoms with Gasteiger partial charge in [-0.25, -0.2) is 0 Å². The van der Waals surface area contributed by atoms with Crippen LogP contribution in [0.15, 0.2) is 240 Å². The molecule has 0 aliphatic carbocycles. The lowest BCUT2D eigenvalue weighted by molar-refractivity contribution is 1.17. The summed E-state index contributed by atoms with van der Waals surface area (Å²) in [5, 5.41) is 0. The molecule has 9 aromatic carbocycles. The molecule has 0 radical (unpaired) electrons. The van der Waals surface area contributed by atoms with Gasteiger partial charge in [-0.05, 0) is 117 Å². The molecule has 0 N–H and O–H groups in total. The highest BCUT2D eigenvalue weighted by Crippen LogP contribution is 2.51. The molecule has 0 saturated carbocycles. The maximum absolute atomic E-state index is 2.39. The van der Waals surface area contributed by atoms with Gasteiger partial charge >= 0.3 is 0 Å². The van der Waals surface area contributed by atoms with Gasteiger partial charge in [-0.15, -0.1) is 0 Å². The highest BCUT2D eigenvalue weighted by molar-refractivity contribution is 7.99. The van der Waals surface area contributed by atoms with Crippen molar-refractivity contribution < 1.29 is 0 Å². The van der Waals surface area contributed by atoms with Crippen LogP contribution in [-0.4, -0.2) is 0 Å². The van der Waals surface area contributed by atoms with Gasteiger partial charge in [0, 0.05) is 32.5 Å². The Morgan fingerprint density at radius 2 is 0.614 bits per heavy atom. The number of para-hydroxylation sites is 2. The Kier molecular flexibility index (Phi) is 9.19. The number of anilines is 6. The molecule has 0 atom stereocenters. The van der Waals surface area contributed by atoms with Crippen molar-refractivity contribution in [3.8, 4) is 44.5 Å². The Bertz CT molecular complexity index is 2730. The van der Waals surface area contributed by atoms with Crippen LogP contribution in [0.1, 0.15) is 0 Å². The number of hydrogen-bond donors (Lipinski definition) is 0. The third-order valence-electron chi connectivity index (χ3n) is 10.7. The van der Waals surface area contributed by atoms with Crippen LogP contribution in [0.2, 0.25) is 0 Å². The molecule has 3 heteroatoms. The number of fused-ring (bicyclic) bond motifs is 2. The standard InChI is InChI=1S/C54H38N2S/c1-3-12-39(13-4-1)41-22-24-42(25-23-41)44-28-34-48(35-29-44)55(47-32-26-43(27-33-47)40-14-5-2-6-15-40)49-36-30-45(31-37-49)46-16-11-17-50(38-46)56-51-18-7-9-20-53(51)57-54-21-10-8-19-52(54)56/h1-38H. The molecule has 1 aliphatic heterocycles. The van der Waals surface area contributed by atoms with Crippen LogP contribution in [-0.2, 0) is 0 Å². The third kappa shape index (κ3) is 6.90. The molecule has 0 unspecified atom stereocenters. The predicted molar refractivity (Wildman–Crippen MR) is 242 cm³/mol. The summed E-state index contributed by atoms with van der Waals surface area (Å²) < 4.78 is 0. The minimum atomic E-state index is 1.10. The van der Waals surface area contributed by atoms with E-state index in [0.717, 1.165) is 22.7 Å². The molecule has 0 saturated heterocycles. The summed E-state index contributed by atoms with van der Waals surface area (Å²) in [5.41, 5.74) is 16.4. The van der Waals surface area contributed by atoms with E-state index in [2.05, 4.69) is 240 Å². The molecule has 270 valence electrons. The van der Waals surface area contributed by atoms with E-state index in [9.17, 15) is 0 Å². The summed E-state index contributed by atoms with van der Waals surface area (Å²) in [7, 11) is 0. The first-order valence-electron chi connectivity index (χ1n) is 19.3. The second kappa shape index (κ2) is 15.2. The Morgan fingerprint density at radius 3 is 1.05 bits per heavy atom. The van der Waals surface area contributed by atoms with Gasteiger partial charge in [0.05, 0.1) is 11.4 Å². The summed E-state index contributed by atoms with van der Waals surface area (Å²) in [4.78, 5) is 7.26. The van der Waals surface area contributed by atoms with E-state index in [1.165, 1.54) is 65.7 Å². The Balaban J connectivity index is 0.982. The Hall–Kier alpha value is -7.07. The van der Waals surface area contributed by atoms with Gasteiger partial charge in [0.15, 0.2) is 0 Å². The van der Waals surface area contributed by atoms with Crippen molar-refractivity contribution in [2.45, 2.75) is 9.79 Å². The van der Waals surface area contributed by atoms with Crippen molar-refractivity contribution >= 4 is 45.9 Å². The van der Waals surface area contributed by atoms with Crippen LogP contribution in [0.5, 0.6) is 0 Å². The zero-order valence-electron chi connectivity index (χ0n) is 31.2. The van der Waals surface area contributed by atoms with Crippen molar-refractivity contribution in [1.82, 2.24) is 0 Å². The lowest BCUT2D eigenvalue weighted by Gasteiger charge is -2.33. The van der Waals surface area contributed by atoms with Gasteiger partial charge in [0.1, 0.15) is 0 Å². The van der Waals surface area contributed by atoms with Crippen molar-refractivity contribution in [3.05, 3.63) is 231 Å². The number of hydrogen-bond acceptors (Lipinski definition) is 3. The first-order valence-corrected chi connectivity index (χ1v) is 20.1. The topological polar surface area (TPSA) is 6.48 Å². The minimum absolute atomic E-state index is 1.10. The molecule has 9 aromatic rings. The molecular weight excluding hydrogens is 709 g/mol. The monoisotopic (exact) mass is 746 g/mol. The summed E-state index contributed by atoms with van der Waals surface area (Å²) in [5.74, 6) is 0. The summed E-state index contributed by atoms with van der Waals surface area (Å²) in [6.07, 6.45) is 0.